The fourth-order valence-electron chi connectivity index (χ4n) is 9.04. The minimum atomic E-state index is 0.0451. The number of para-hydroxylation sites is 2. The molecular formula is C62H54N2O. The molecule has 0 N–H and O–H groups in total. The molecule has 2 heterocycles. The van der Waals surface area contributed by atoms with Crippen LogP contribution >= 0.6 is 0 Å². The molecule has 2 aliphatic rings. The van der Waals surface area contributed by atoms with Gasteiger partial charge in [0.2, 0.25) is 0 Å². The average molecular weight is 843 g/mol. The van der Waals surface area contributed by atoms with Crippen LogP contribution in [0.15, 0.2) is 249 Å². The van der Waals surface area contributed by atoms with Crippen LogP contribution < -0.4 is 9.64 Å². The third-order valence-corrected chi connectivity index (χ3v) is 12.3. The minimum Gasteiger partial charge on any atom is -0.485 e. The number of rotatable bonds is 14. The summed E-state index contributed by atoms with van der Waals surface area (Å²) in [6.07, 6.45) is 27.3. The van der Waals surface area contributed by atoms with Gasteiger partial charge in [0.05, 0.1) is 11.0 Å². The molecule has 3 nitrogen and oxygen atoms in total. The monoisotopic (exact) mass is 842 g/mol. The summed E-state index contributed by atoms with van der Waals surface area (Å²) in [5.41, 5.74) is 17.1. The Labute approximate surface area is 384 Å². The first-order chi connectivity index (χ1) is 31.9. The number of aromatic nitrogens is 1. The number of nitrogens with zero attached hydrogens (tertiary/aromatic N) is 2. The van der Waals surface area contributed by atoms with Crippen molar-refractivity contribution in [3.05, 3.63) is 265 Å². The van der Waals surface area contributed by atoms with Crippen LogP contribution in [0.3, 0.4) is 0 Å². The summed E-state index contributed by atoms with van der Waals surface area (Å²) in [7, 11) is 0. The molecule has 0 bridgehead atoms. The molecule has 65 heavy (non-hydrogen) atoms. The second-order valence-electron chi connectivity index (χ2n) is 16.4. The molecule has 1 aliphatic heterocycles. The zero-order valence-corrected chi connectivity index (χ0v) is 37.5. The van der Waals surface area contributed by atoms with Gasteiger partial charge in [-0.05, 0) is 127 Å². The Morgan fingerprint density at radius 1 is 0.754 bits per heavy atom. The molecule has 0 saturated heterocycles. The van der Waals surface area contributed by atoms with Gasteiger partial charge in [-0.15, -0.1) is 0 Å². The van der Waals surface area contributed by atoms with Crippen molar-refractivity contribution in [1.82, 2.24) is 4.57 Å². The highest BCUT2D eigenvalue weighted by Gasteiger charge is 2.31. The van der Waals surface area contributed by atoms with Crippen molar-refractivity contribution in [3.63, 3.8) is 0 Å². The Morgan fingerprint density at radius 3 is 2.32 bits per heavy atom. The van der Waals surface area contributed by atoms with E-state index < -0.39 is 0 Å². The molecule has 1 unspecified atom stereocenters. The van der Waals surface area contributed by atoms with Gasteiger partial charge in [0.25, 0.3) is 0 Å². The van der Waals surface area contributed by atoms with Crippen molar-refractivity contribution in [1.29, 1.82) is 0 Å². The van der Waals surface area contributed by atoms with Crippen LogP contribution in [-0.2, 0) is 6.42 Å². The molecule has 1 aromatic heterocycles. The predicted molar refractivity (Wildman–Crippen MR) is 279 cm³/mol. The van der Waals surface area contributed by atoms with Gasteiger partial charge in [0.15, 0.2) is 0 Å². The molecule has 1 atom stereocenters. The topological polar surface area (TPSA) is 17.4 Å². The molecule has 6 aromatic carbocycles. The van der Waals surface area contributed by atoms with Crippen molar-refractivity contribution in [2.45, 2.75) is 39.7 Å². The van der Waals surface area contributed by atoms with Crippen LogP contribution in [-0.4, -0.2) is 10.7 Å². The Kier molecular flexibility index (Phi) is 12.6. The van der Waals surface area contributed by atoms with Gasteiger partial charge in [-0.3, -0.25) is 0 Å². The predicted octanol–water partition coefficient (Wildman–Crippen LogP) is 16.6. The Bertz CT molecular complexity index is 3180. The third-order valence-electron chi connectivity index (χ3n) is 12.3. The number of hydrogen-bond acceptors (Lipinski definition) is 2. The quantitative estimate of drug-likeness (QED) is 0.102. The Morgan fingerprint density at radius 2 is 1.51 bits per heavy atom. The molecule has 9 rings (SSSR count). The number of benzene rings is 6. The van der Waals surface area contributed by atoms with Crippen molar-refractivity contribution < 1.29 is 4.74 Å². The van der Waals surface area contributed by atoms with Gasteiger partial charge in [0.1, 0.15) is 11.9 Å². The Balaban J connectivity index is 1.12. The van der Waals surface area contributed by atoms with Crippen molar-refractivity contribution in [2.75, 3.05) is 4.90 Å². The summed E-state index contributed by atoms with van der Waals surface area (Å²) >= 11 is 0. The number of fused-ring (bicyclic) bond motifs is 6. The lowest BCUT2D eigenvalue weighted by Crippen LogP contribution is -2.15. The van der Waals surface area contributed by atoms with E-state index in [0.717, 1.165) is 52.4 Å². The normalized spacial score (nSPS) is 15.4. The molecule has 0 amide bonds. The zero-order valence-electron chi connectivity index (χ0n) is 37.5. The van der Waals surface area contributed by atoms with Crippen LogP contribution in [0.5, 0.6) is 5.75 Å². The summed E-state index contributed by atoms with van der Waals surface area (Å²) < 4.78 is 8.81. The highest BCUT2D eigenvalue weighted by atomic mass is 16.5. The first kappa shape index (κ1) is 42.4. The van der Waals surface area contributed by atoms with Crippen molar-refractivity contribution in [2.24, 2.45) is 0 Å². The molecule has 0 fully saturated rings. The zero-order chi connectivity index (χ0) is 44.7. The molecule has 7 aromatic rings. The molecule has 0 radical (unpaired) electrons. The fraction of sp³-hybridized carbons (Fsp3) is 0.0968. The summed E-state index contributed by atoms with van der Waals surface area (Å²) in [6, 6.07) is 52.4. The summed E-state index contributed by atoms with van der Waals surface area (Å²) in [5, 5.41) is 2.46. The maximum Gasteiger partial charge on any atom is 0.128 e. The lowest BCUT2D eigenvalue weighted by Gasteiger charge is -2.27. The molecular weight excluding hydrogens is 789 g/mol. The average Bonchev–Trinajstić information content (AvgIpc) is 3.90. The lowest BCUT2D eigenvalue weighted by molar-refractivity contribution is 0.279. The Hall–Kier alpha value is -7.88. The summed E-state index contributed by atoms with van der Waals surface area (Å²) in [6.45, 7) is 14.4. The lowest BCUT2D eigenvalue weighted by atomic mass is 9.95. The van der Waals surface area contributed by atoms with Crippen LogP contribution in [0.4, 0.5) is 11.4 Å². The van der Waals surface area contributed by atoms with E-state index in [1.165, 1.54) is 60.9 Å². The van der Waals surface area contributed by atoms with Gasteiger partial charge in [0, 0.05) is 51.1 Å². The molecule has 0 saturated carbocycles. The van der Waals surface area contributed by atoms with Crippen molar-refractivity contribution in [3.8, 4) is 16.9 Å². The highest BCUT2D eigenvalue weighted by molar-refractivity contribution is 6.17. The van der Waals surface area contributed by atoms with E-state index in [1.807, 2.05) is 12.2 Å². The minimum absolute atomic E-state index is 0.0451. The second kappa shape index (κ2) is 19.2. The van der Waals surface area contributed by atoms with E-state index in [2.05, 4.69) is 244 Å². The largest absolute Gasteiger partial charge is 0.485 e. The van der Waals surface area contributed by atoms with Crippen LogP contribution in [0.1, 0.15) is 43.9 Å². The second-order valence-corrected chi connectivity index (χ2v) is 16.4. The van der Waals surface area contributed by atoms with Gasteiger partial charge in [-0.1, -0.05) is 171 Å². The van der Waals surface area contributed by atoms with Crippen LogP contribution in [0.25, 0.3) is 49.8 Å². The third kappa shape index (κ3) is 8.74. The first-order valence-corrected chi connectivity index (χ1v) is 22.5. The molecule has 3 heteroatoms. The van der Waals surface area contributed by atoms with Crippen LogP contribution in [0.2, 0.25) is 0 Å². The van der Waals surface area contributed by atoms with E-state index >= 15 is 0 Å². The van der Waals surface area contributed by atoms with Gasteiger partial charge >= 0.3 is 0 Å². The smallest absolute Gasteiger partial charge is 0.128 e. The summed E-state index contributed by atoms with van der Waals surface area (Å²) in [5.74, 6) is 0.965. The van der Waals surface area contributed by atoms with Gasteiger partial charge < -0.3 is 14.2 Å². The maximum absolute atomic E-state index is 6.37. The molecule has 0 spiro atoms. The van der Waals surface area contributed by atoms with Gasteiger partial charge in [-0.2, -0.15) is 0 Å². The highest BCUT2D eigenvalue weighted by Crippen LogP contribution is 2.45. The van der Waals surface area contributed by atoms with E-state index in [-0.39, 0.29) is 6.10 Å². The van der Waals surface area contributed by atoms with Crippen molar-refractivity contribution >= 4 is 50.0 Å². The van der Waals surface area contributed by atoms with E-state index in [9.17, 15) is 0 Å². The van der Waals surface area contributed by atoms with E-state index in [1.54, 1.807) is 6.08 Å². The van der Waals surface area contributed by atoms with Crippen LogP contribution in [0, 0.1) is 0 Å². The maximum atomic E-state index is 6.37. The summed E-state index contributed by atoms with van der Waals surface area (Å²) in [4.78, 5) is 2.35. The standard InChI is InChI=1S/C62H54N2O/c1-6-9-21-44(4)45(5)34-37-50(20-7-2)63(51-38-35-46(36-39-51)22-17-25-47(8-3)48-23-11-10-12-24-48)52-27-18-26-49(42-52)54-30-19-32-59-62(54)56-29-13-15-31-58(56)64(59)53-40-41-61-57(43-53)55-28-14-16-33-60(55)65-61/h6-21,23-40,42-43,61H,1,4,22,41H2,2-3,5H3/b20-7-,21-9-,25-17-,45-34+,47-8+,50-37+. The SMILES string of the molecule is C=C/C=C\C(=C)/C(C)=C/C=C(\C=C/C)N(c1ccc(C/C=C\C(=C/C)c2ccccc2)cc1)c1cccc(-c2cccc3c2c2ccccc2n3C2=CCC3Oc4ccccc4C3=C2)c1. The fourth-order valence-corrected chi connectivity index (χ4v) is 9.04. The number of ether oxygens (including phenoxy) is 1. The number of hydrogen-bond donors (Lipinski definition) is 0. The number of anilines is 2. The molecule has 1 aliphatic carbocycles. The number of allylic oxidation sites excluding steroid dienone is 15. The first-order valence-electron chi connectivity index (χ1n) is 22.5. The van der Waals surface area contributed by atoms with E-state index in [0.29, 0.717) is 0 Å². The molecule has 318 valence electrons. The van der Waals surface area contributed by atoms with E-state index in [4.69, 9.17) is 4.74 Å². The van der Waals surface area contributed by atoms with Gasteiger partial charge in [-0.25, -0.2) is 0 Å².